The smallest absolute Gasteiger partial charge is 0.214 e. The van der Waals surface area contributed by atoms with Crippen molar-refractivity contribution in [1.29, 1.82) is 0 Å². The molecule has 0 radical (unpaired) electrons. The normalized spacial score (nSPS) is 16.6. The Labute approximate surface area is 180 Å². The summed E-state index contributed by atoms with van der Waals surface area (Å²) in [6.45, 7) is 7.02. The van der Waals surface area contributed by atoms with Crippen molar-refractivity contribution >= 4 is 40.0 Å². The summed E-state index contributed by atoms with van der Waals surface area (Å²) in [7, 11) is -1.37. The Morgan fingerprint density at radius 3 is 2.74 bits per heavy atom. The first-order valence-corrected chi connectivity index (χ1v) is 10.7. The molecule has 0 atom stereocenters. The van der Waals surface area contributed by atoms with Crippen LogP contribution in [0.5, 0.6) is 5.75 Å². The maximum absolute atomic E-state index is 11.8. The minimum atomic E-state index is -3.05. The van der Waals surface area contributed by atoms with E-state index in [1.807, 2.05) is 13.8 Å². The lowest BCUT2D eigenvalue weighted by Gasteiger charge is -2.14. The number of ether oxygens (including phenoxy) is 1. The van der Waals surface area contributed by atoms with E-state index >= 15 is 0 Å². The second-order valence-corrected chi connectivity index (χ2v) is 8.40. The van der Waals surface area contributed by atoms with Crippen LogP contribution in [0.1, 0.15) is 24.5 Å². The molecule has 0 saturated carbocycles. The van der Waals surface area contributed by atoms with Gasteiger partial charge >= 0.3 is 0 Å². The van der Waals surface area contributed by atoms with Crippen molar-refractivity contribution in [2.24, 2.45) is 4.99 Å². The monoisotopic (exact) mass is 510 g/mol. The number of hydrogen-bond acceptors (Lipinski definition) is 4. The van der Waals surface area contributed by atoms with Crippen molar-refractivity contribution < 1.29 is 13.2 Å². The molecule has 1 aliphatic rings. The van der Waals surface area contributed by atoms with Gasteiger partial charge in [-0.25, -0.2) is 12.7 Å². The lowest BCUT2D eigenvalue weighted by atomic mass is 10.1. The van der Waals surface area contributed by atoms with Crippen LogP contribution in [0.3, 0.4) is 0 Å². The Morgan fingerprint density at radius 2 is 2.11 bits per heavy atom. The highest BCUT2D eigenvalue weighted by atomic mass is 127. The largest absolute Gasteiger partial charge is 0.496 e. The van der Waals surface area contributed by atoms with Gasteiger partial charge in [-0.05, 0) is 43.9 Å². The van der Waals surface area contributed by atoms with E-state index < -0.39 is 10.0 Å². The molecular weight excluding hydrogens is 479 g/mol. The van der Waals surface area contributed by atoms with E-state index in [9.17, 15) is 8.42 Å². The fourth-order valence-electron chi connectivity index (χ4n) is 2.90. The van der Waals surface area contributed by atoms with Crippen molar-refractivity contribution in [2.45, 2.75) is 26.7 Å². The maximum Gasteiger partial charge on any atom is 0.214 e. The minimum absolute atomic E-state index is 0. The van der Waals surface area contributed by atoms with Crippen LogP contribution >= 0.6 is 24.0 Å². The third kappa shape index (κ3) is 7.46. The first-order valence-electron chi connectivity index (χ1n) is 9.10. The van der Waals surface area contributed by atoms with Crippen LogP contribution in [-0.2, 0) is 16.4 Å². The Hall–Kier alpha value is -1.07. The lowest BCUT2D eigenvalue weighted by Crippen LogP contribution is -2.39. The zero-order valence-corrected chi connectivity index (χ0v) is 19.5. The number of nitrogens with one attached hydrogen (secondary N) is 2. The fourth-order valence-corrected chi connectivity index (χ4v) is 4.42. The van der Waals surface area contributed by atoms with Crippen LogP contribution in [0.15, 0.2) is 23.2 Å². The van der Waals surface area contributed by atoms with Crippen LogP contribution in [0.25, 0.3) is 0 Å². The third-order valence-electron chi connectivity index (χ3n) is 4.35. The van der Waals surface area contributed by atoms with Gasteiger partial charge in [-0.1, -0.05) is 12.1 Å². The van der Waals surface area contributed by atoms with Crippen molar-refractivity contribution in [2.75, 3.05) is 45.6 Å². The summed E-state index contributed by atoms with van der Waals surface area (Å²) in [5.41, 5.74) is 2.31. The molecule has 9 heteroatoms. The van der Waals surface area contributed by atoms with Gasteiger partial charge in [-0.2, -0.15) is 0 Å². The topological polar surface area (TPSA) is 83.0 Å². The Morgan fingerprint density at radius 1 is 1.33 bits per heavy atom. The summed E-state index contributed by atoms with van der Waals surface area (Å²) in [6.07, 6.45) is 1.56. The minimum Gasteiger partial charge on any atom is -0.496 e. The molecule has 2 N–H and O–H groups in total. The van der Waals surface area contributed by atoms with Crippen LogP contribution in [-0.4, -0.2) is 64.3 Å². The number of methoxy groups -OCH3 is 1. The summed E-state index contributed by atoms with van der Waals surface area (Å²) in [6, 6.07) is 6.21. The van der Waals surface area contributed by atoms with Crippen molar-refractivity contribution in [3.8, 4) is 5.75 Å². The summed E-state index contributed by atoms with van der Waals surface area (Å²) < 4.78 is 30.5. The predicted molar refractivity (Wildman–Crippen MR) is 121 cm³/mol. The highest BCUT2D eigenvalue weighted by Gasteiger charge is 2.27. The number of halogens is 1. The maximum atomic E-state index is 11.8. The average Bonchev–Trinajstić information content (AvgIpc) is 2.95. The molecule has 1 aromatic carbocycles. The number of sulfonamides is 1. The number of aliphatic imine (C=N–C) groups is 1. The third-order valence-corrected chi connectivity index (χ3v) is 6.30. The lowest BCUT2D eigenvalue weighted by molar-refractivity contribution is 0.411. The highest BCUT2D eigenvalue weighted by molar-refractivity contribution is 14.0. The van der Waals surface area contributed by atoms with Gasteiger partial charge in [0.25, 0.3) is 0 Å². The molecule has 7 nitrogen and oxygen atoms in total. The molecule has 0 aromatic heterocycles. The fraction of sp³-hybridized carbons (Fsp3) is 0.611. The summed E-state index contributed by atoms with van der Waals surface area (Å²) >= 11 is 0. The molecule has 1 aromatic rings. The first kappa shape index (κ1) is 24.0. The van der Waals surface area contributed by atoms with Crippen LogP contribution < -0.4 is 15.4 Å². The zero-order chi connectivity index (χ0) is 19.0. The van der Waals surface area contributed by atoms with Crippen molar-refractivity contribution in [3.05, 3.63) is 29.3 Å². The van der Waals surface area contributed by atoms with Crippen molar-refractivity contribution in [1.82, 2.24) is 14.9 Å². The number of guanidine groups is 1. The molecule has 1 saturated heterocycles. The van der Waals surface area contributed by atoms with Gasteiger partial charge in [0.05, 0.1) is 19.4 Å². The molecule has 0 aliphatic carbocycles. The number of rotatable bonds is 8. The molecule has 27 heavy (non-hydrogen) atoms. The molecule has 0 unspecified atom stereocenters. The van der Waals surface area contributed by atoms with Gasteiger partial charge in [0.2, 0.25) is 10.0 Å². The van der Waals surface area contributed by atoms with E-state index in [4.69, 9.17) is 4.74 Å². The highest BCUT2D eigenvalue weighted by Crippen LogP contribution is 2.19. The average molecular weight is 510 g/mol. The molecule has 2 rings (SSSR count). The number of hydrogen-bond donors (Lipinski definition) is 2. The molecule has 154 valence electrons. The van der Waals surface area contributed by atoms with Crippen LogP contribution in [0.4, 0.5) is 0 Å². The SMILES string of the molecule is CCNC(=NCCN1CCCS1(=O)=O)NCCc1ccc(C)c(OC)c1.I. The van der Waals surface area contributed by atoms with Crippen LogP contribution in [0, 0.1) is 6.92 Å². The van der Waals surface area contributed by atoms with E-state index in [1.165, 1.54) is 9.87 Å². The molecular formula is C18H31IN4O3S. The molecule has 0 amide bonds. The molecule has 1 aliphatic heterocycles. The van der Waals surface area contributed by atoms with Crippen molar-refractivity contribution in [3.63, 3.8) is 0 Å². The van der Waals surface area contributed by atoms with Gasteiger partial charge < -0.3 is 15.4 Å². The van der Waals surface area contributed by atoms with E-state index in [0.717, 1.165) is 30.8 Å². The summed E-state index contributed by atoms with van der Waals surface area (Å²) in [4.78, 5) is 4.49. The molecule has 1 heterocycles. The number of aryl methyl sites for hydroxylation is 1. The predicted octanol–water partition coefficient (Wildman–Crippen LogP) is 1.75. The standard InChI is InChI=1S/C18H30N4O3S.HI/c1-4-19-18(21-10-12-22-11-5-13-26(22,23)24)20-9-8-16-7-6-15(2)17(14-16)25-3;/h6-7,14H,4-5,8-13H2,1-3H3,(H2,19,20,21);1H. The van der Waals surface area contributed by atoms with E-state index in [-0.39, 0.29) is 29.7 Å². The van der Waals surface area contributed by atoms with Gasteiger partial charge in [0, 0.05) is 26.2 Å². The Kier molecular flexibility index (Phi) is 10.4. The Balaban J connectivity index is 0.00000364. The van der Waals surface area contributed by atoms with Gasteiger partial charge in [0.15, 0.2) is 5.96 Å². The van der Waals surface area contributed by atoms with Gasteiger partial charge in [-0.15, -0.1) is 24.0 Å². The van der Waals surface area contributed by atoms with E-state index in [0.29, 0.717) is 32.0 Å². The summed E-state index contributed by atoms with van der Waals surface area (Å²) in [5, 5.41) is 6.49. The second kappa shape index (κ2) is 11.7. The van der Waals surface area contributed by atoms with Crippen LogP contribution in [0.2, 0.25) is 0 Å². The molecule has 0 spiro atoms. The quantitative estimate of drug-likeness (QED) is 0.317. The first-order chi connectivity index (χ1) is 12.5. The van der Waals surface area contributed by atoms with Gasteiger partial charge in [-0.3, -0.25) is 4.99 Å². The van der Waals surface area contributed by atoms with E-state index in [2.05, 4.69) is 33.8 Å². The van der Waals surface area contributed by atoms with Gasteiger partial charge in [0.1, 0.15) is 5.75 Å². The second-order valence-electron chi connectivity index (χ2n) is 6.31. The number of benzene rings is 1. The summed E-state index contributed by atoms with van der Waals surface area (Å²) in [5.74, 6) is 1.87. The zero-order valence-electron chi connectivity index (χ0n) is 16.3. The molecule has 1 fully saturated rings. The Bertz CT molecular complexity index is 725. The number of nitrogens with zero attached hydrogens (tertiary/aromatic N) is 2. The van der Waals surface area contributed by atoms with E-state index in [1.54, 1.807) is 7.11 Å². The molecule has 0 bridgehead atoms.